The van der Waals surface area contributed by atoms with Crippen molar-refractivity contribution in [3.05, 3.63) is 47.3 Å². The van der Waals surface area contributed by atoms with Gasteiger partial charge in [-0.2, -0.15) is 5.10 Å². The summed E-state index contributed by atoms with van der Waals surface area (Å²) in [5, 5.41) is 11.6. The van der Waals surface area contributed by atoms with E-state index < -0.39 is 0 Å². The molecule has 2 aromatic rings. The molecule has 0 unspecified atom stereocenters. The summed E-state index contributed by atoms with van der Waals surface area (Å²) in [7, 11) is 3.58. The third kappa shape index (κ3) is 4.89. The molecule has 1 aliphatic rings. The number of hydrogen-bond acceptors (Lipinski definition) is 3. The van der Waals surface area contributed by atoms with Gasteiger partial charge in [0, 0.05) is 39.5 Å². The molecule has 3 rings (SSSR count). The van der Waals surface area contributed by atoms with Gasteiger partial charge in [-0.1, -0.05) is 18.2 Å². The smallest absolute Gasteiger partial charge is 0.191 e. The minimum atomic E-state index is 0.384. The lowest BCUT2D eigenvalue weighted by molar-refractivity contribution is 0.172. The highest BCUT2D eigenvalue weighted by molar-refractivity contribution is 5.79. The molecule has 0 bridgehead atoms. The Bertz CT molecular complexity index is 792. The number of hydrogen-bond donors (Lipinski definition) is 2. The molecule has 0 spiro atoms. The lowest BCUT2D eigenvalue weighted by atomic mass is 10.0. The number of aromatic nitrogens is 2. The first-order valence-corrected chi connectivity index (χ1v) is 9.62. The van der Waals surface area contributed by atoms with E-state index in [9.17, 15) is 0 Å². The minimum absolute atomic E-state index is 0.384. The van der Waals surface area contributed by atoms with E-state index >= 15 is 0 Å². The maximum atomic E-state index is 5.24. The fraction of sp³-hybridized carbons (Fsp3) is 0.524. The molecule has 27 heavy (non-hydrogen) atoms. The number of nitrogens with one attached hydrogen (secondary N) is 2. The lowest BCUT2D eigenvalue weighted by Crippen LogP contribution is -2.40. The van der Waals surface area contributed by atoms with Crippen LogP contribution in [-0.4, -0.2) is 43.0 Å². The summed E-state index contributed by atoms with van der Waals surface area (Å²) in [6.45, 7) is 6.56. The molecule has 1 saturated carbocycles. The molecule has 0 aliphatic heterocycles. The van der Waals surface area contributed by atoms with Crippen LogP contribution in [0.3, 0.4) is 0 Å². The molecule has 0 amide bonds. The molecule has 1 aliphatic carbocycles. The van der Waals surface area contributed by atoms with Gasteiger partial charge in [-0.05, 0) is 56.2 Å². The van der Waals surface area contributed by atoms with Crippen LogP contribution in [0.15, 0.2) is 35.3 Å². The van der Waals surface area contributed by atoms with Crippen molar-refractivity contribution < 1.29 is 4.74 Å². The van der Waals surface area contributed by atoms with Gasteiger partial charge in [-0.3, -0.25) is 4.99 Å². The number of ether oxygens (including phenoxy) is 1. The lowest BCUT2D eigenvalue weighted by Gasteiger charge is -2.19. The van der Waals surface area contributed by atoms with E-state index in [1.807, 2.05) is 18.7 Å². The first-order valence-electron chi connectivity index (χ1n) is 9.62. The first kappa shape index (κ1) is 19.4. The van der Waals surface area contributed by atoms with Gasteiger partial charge in [0.05, 0.1) is 11.4 Å². The van der Waals surface area contributed by atoms with E-state index in [4.69, 9.17) is 4.74 Å². The fourth-order valence-electron chi connectivity index (χ4n) is 3.42. The Morgan fingerprint density at radius 1 is 1.26 bits per heavy atom. The molecular weight excluding hydrogens is 338 g/mol. The Hall–Kier alpha value is -2.34. The molecular formula is C21H31N5O. The zero-order valence-corrected chi connectivity index (χ0v) is 16.9. The molecule has 6 heteroatoms. The van der Waals surface area contributed by atoms with Crippen LogP contribution in [-0.2, 0) is 11.3 Å². The van der Waals surface area contributed by atoms with Crippen LogP contribution >= 0.6 is 0 Å². The van der Waals surface area contributed by atoms with Crippen LogP contribution in [0.5, 0.6) is 0 Å². The third-order valence-electron chi connectivity index (χ3n) is 5.32. The standard InChI is InChI=1S/C21H31N5O/c1-16-13-17(2)26(25-16)19-8-6-5-7-18(19)14-23-20(22-3)24-15-21(9-10-21)11-12-27-4/h5-8,13H,9-12,14-15H2,1-4H3,(H2,22,23,24). The van der Waals surface area contributed by atoms with E-state index in [0.29, 0.717) is 12.0 Å². The fourth-order valence-corrected chi connectivity index (χ4v) is 3.42. The topological polar surface area (TPSA) is 63.5 Å². The van der Waals surface area contributed by atoms with E-state index in [2.05, 4.69) is 58.0 Å². The van der Waals surface area contributed by atoms with Crippen LogP contribution < -0.4 is 10.6 Å². The van der Waals surface area contributed by atoms with E-state index in [1.165, 1.54) is 18.4 Å². The van der Waals surface area contributed by atoms with Gasteiger partial charge in [0.2, 0.25) is 0 Å². The van der Waals surface area contributed by atoms with Crippen molar-refractivity contribution in [2.45, 2.75) is 39.7 Å². The van der Waals surface area contributed by atoms with Gasteiger partial charge in [0.1, 0.15) is 0 Å². The van der Waals surface area contributed by atoms with Crippen molar-refractivity contribution in [2.24, 2.45) is 10.4 Å². The monoisotopic (exact) mass is 369 g/mol. The van der Waals surface area contributed by atoms with Gasteiger partial charge in [-0.25, -0.2) is 4.68 Å². The highest BCUT2D eigenvalue weighted by Crippen LogP contribution is 2.48. The highest BCUT2D eigenvalue weighted by Gasteiger charge is 2.41. The number of aryl methyl sites for hydroxylation is 2. The summed E-state index contributed by atoms with van der Waals surface area (Å²) >= 11 is 0. The number of aliphatic imine (C=N–C) groups is 1. The second-order valence-electron chi connectivity index (χ2n) is 7.49. The maximum Gasteiger partial charge on any atom is 0.191 e. The van der Waals surface area contributed by atoms with Gasteiger partial charge in [0.15, 0.2) is 5.96 Å². The summed E-state index contributed by atoms with van der Waals surface area (Å²) < 4.78 is 7.25. The molecule has 1 aromatic carbocycles. The zero-order valence-electron chi connectivity index (χ0n) is 16.9. The summed E-state index contributed by atoms with van der Waals surface area (Å²) in [6.07, 6.45) is 3.64. The average molecular weight is 370 g/mol. The molecule has 1 heterocycles. The first-order chi connectivity index (χ1) is 13.1. The number of benzene rings is 1. The van der Waals surface area contributed by atoms with Gasteiger partial charge in [-0.15, -0.1) is 0 Å². The average Bonchev–Trinajstić information content (AvgIpc) is 3.37. The number of guanidine groups is 1. The predicted molar refractivity (Wildman–Crippen MR) is 109 cm³/mol. The normalized spacial score (nSPS) is 15.6. The Labute approximate surface area is 162 Å². The van der Waals surface area contributed by atoms with Crippen LogP contribution in [0.4, 0.5) is 0 Å². The number of methoxy groups -OCH3 is 1. The summed E-state index contributed by atoms with van der Waals surface area (Å²) in [5.74, 6) is 0.835. The van der Waals surface area contributed by atoms with Gasteiger partial charge >= 0.3 is 0 Å². The second-order valence-corrected chi connectivity index (χ2v) is 7.49. The van der Waals surface area contributed by atoms with Crippen molar-refractivity contribution in [2.75, 3.05) is 27.3 Å². The van der Waals surface area contributed by atoms with Crippen LogP contribution in [0, 0.1) is 19.3 Å². The van der Waals surface area contributed by atoms with Crippen LogP contribution in [0.2, 0.25) is 0 Å². The molecule has 6 nitrogen and oxygen atoms in total. The Morgan fingerprint density at radius 2 is 2.04 bits per heavy atom. The quantitative estimate of drug-likeness (QED) is 0.555. The summed E-state index contributed by atoms with van der Waals surface area (Å²) in [5.41, 5.74) is 4.83. The second kappa shape index (κ2) is 8.57. The minimum Gasteiger partial charge on any atom is -0.385 e. The largest absolute Gasteiger partial charge is 0.385 e. The Balaban J connectivity index is 1.62. The Kier molecular flexibility index (Phi) is 6.16. The number of nitrogens with zero attached hydrogens (tertiary/aromatic N) is 3. The van der Waals surface area contributed by atoms with Crippen molar-refractivity contribution in [3.63, 3.8) is 0 Å². The zero-order chi connectivity index (χ0) is 19.3. The molecule has 0 atom stereocenters. The van der Waals surface area contributed by atoms with Gasteiger partial charge < -0.3 is 15.4 Å². The molecule has 0 radical (unpaired) electrons. The highest BCUT2D eigenvalue weighted by atomic mass is 16.5. The van der Waals surface area contributed by atoms with Crippen molar-refractivity contribution in [1.82, 2.24) is 20.4 Å². The Morgan fingerprint density at radius 3 is 2.67 bits per heavy atom. The van der Waals surface area contributed by atoms with E-state index in [0.717, 1.165) is 42.6 Å². The van der Waals surface area contributed by atoms with Gasteiger partial charge in [0.25, 0.3) is 0 Å². The summed E-state index contributed by atoms with van der Waals surface area (Å²) in [6, 6.07) is 10.4. The van der Waals surface area contributed by atoms with Crippen LogP contribution in [0.1, 0.15) is 36.2 Å². The van der Waals surface area contributed by atoms with Crippen molar-refractivity contribution >= 4 is 5.96 Å². The molecule has 146 valence electrons. The van der Waals surface area contributed by atoms with Crippen molar-refractivity contribution in [3.8, 4) is 5.69 Å². The van der Waals surface area contributed by atoms with E-state index in [-0.39, 0.29) is 0 Å². The molecule has 1 fully saturated rings. The van der Waals surface area contributed by atoms with E-state index in [1.54, 1.807) is 7.11 Å². The third-order valence-corrected chi connectivity index (χ3v) is 5.32. The number of rotatable bonds is 8. The number of para-hydroxylation sites is 1. The molecule has 1 aromatic heterocycles. The predicted octanol–water partition coefficient (Wildman–Crippen LogP) is 2.97. The SMILES string of the molecule is CN=C(NCc1ccccc1-n1nc(C)cc1C)NCC1(CCOC)CC1. The van der Waals surface area contributed by atoms with Crippen LogP contribution in [0.25, 0.3) is 5.69 Å². The molecule has 0 saturated heterocycles. The maximum absolute atomic E-state index is 5.24. The summed E-state index contributed by atoms with van der Waals surface area (Å²) in [4.78, 5) is 4.38. The van der Waals surface area contributed by atoms with Crippen molar-refractivity contribution in [1.29, 1.82) is 0 Å². The molecule has 2 N–H and O–H groups in total.